The van der Waals surface area contributed by atoms with Gasteiger partial charge in [0, 0.05) is 18.9 Å². The van der Waals surface area contributed by atoms with Crippen LogP contribution in [0.3, 0.4) is 0 Å². The Morgan fingerprint density at radius 2 is 1.46 bits per heavy atom. The molecule has 0 aliphatic heterocycles. The molecular weight excluding hydrogens is 300 g/mol. The first-order valence-corrected chi connectivity index (χ1v) is 7.94. The van der Waals surface area contributed by atoms with Crippen LogP contribution in [0.2, 0.25) is 0 Å². The third-order valence-electron chi connectivity index (χ3n) is 4.02. The van der Waals surface area contributed by atoms with Gasteiger partial charge in [-0.2, -0.15) is 0 Å². The molecule has 24 heavy (non-hydrogen) atoms. The second-order valence-electron chi connectivity index (χ2n) is 5.66. The minimum absolute atomic E-state index is 0.247. The van der Waals surface area contributed by atoms with Crippen molar-refractivity contribution in [2.45, 2.75) is 19.9 Å². The Hall–Kier alpha value is -3.01. The summed E-state index contributed by atoms with van der Waals surface area (Å²) in [6, 6.07) is 14.4. The first-order valence-electron chi connectivity index (χ1n) is 7.94. The van der Waals surface area contributed by atoms with Crippen molar-refractivity contribution in [2.75, 3.05) is 0 Å². The number of rotatable bonds is 5. The number of phenolic OH excluding ortho intramolecular Hbond substituents is 2. The molecule has 0 spiro atoms. The lowest BCUT2D eigenvalue weighted by molar-refractivity contribution is 0.475. The van der Waals surface area contributed by atoms with Crippen LogP contribution in [0.5, 0.6) is 11.5 Å². The molecule has 0 aliphatic carbocycles. The van der Waals surface area contributed by atoms with Crippen molar-refractivity contribution in [3.63, 3.8) is 0 Å². The standard InChI is InChI=1S/C20H20N2O2/c1-2-15(13-22-12-11-21-14-22)20(16-3-7-18(23)8-4-16)17-5-9-19(24)10-6-17/h3-12,14,23-24H,2,13H2,1H3. The lowest BCUT2D eigenvalue weighted by Gasteiger charge is -2.16. The Morgan fingerprint density at radius 1 is 0.917 bits per heavy atom. The van der Waals surface area contributed by atoms with E-state index in [1.54, 1.807) is 36.8 Å². The van der Waals surface area contributed by atoms with Gasteiger partial charge < -0.3 is 14.8 Å². The van der Waals surface area contributed by atoms with E-state index in [0.717, 1.165) is 29.7 Å². The number of allylic oxidation sites excluding steroid dienone is 1. The second kappa shape index (κ2) is 7.04. The summed E-state index contributed by atoms with van der Waals surface area (Å²) in [5.74, 6) is 0.493. The molecule has 4 nitrogen and oxygen atoms in total. The average Bonchev–Trinajstić information content (AvgIpc) is 3.10. The zero-order valence-electron chi connectivity index (χ0n) is 13.6. The maximum atomic E-state index is 9.59. The van der Waals surface area contributed by atoms with Crippen LogP contribution in [0.25, 0.3) is 5.57 Å². The van der Waals surface area contributed by atoms with Gasteiger partial charge in [0.25, 0.3) is 0 Å². The first kappa shape index (κ1) is 15.9. The topological polar surface area (TPSA) is 58.3 Å². The summed E-state index contributed by atoms with van der Waals surface area (Å²) in [6.45, 7) is 2.88. The van der Waals surface area contributed by atoms with Gasteiger partial charge in [-0.3, -0.25) is 0 Å². The van der Waals surface area contributed by atoms with Gasteiger partial charge in [0.1, 0.15) is 11.5 Å². The van der Waals surface area contributed by atoms with Crippen molar-refractivity contribution in [1.82, 2.24) is 9.55 Å². The number of aromatic nitrogens is 2. The number of phenols is 2. The molecular formula is C20H20N2O2. The van der Waals surface area contributed by atoms with Gasteiger partial charge in [0.2, 0.25) is 0 Å². The molecule has 1 aromatic heterocycles. The fourth-order valence-electron chi connectivity index (χ4n) is 2.80. The van der Waals surface area contributed by atoms with Crippen LogP contribution in [-0.2, 0) is 6.54 Å². The molecule has 0 saturated carbocycles. The van der Waals surface area contributed by atoms with Crippen molar-refractivity contribution in [1.29, 1.82) is 0 Å². The third kappa shape index (κ3) is 3.49. The molecule has 0 radical (unpaired) electrons. The van der Waals surface area contributed by atoms with Crippen LogP contribution in [0.1, 0.15) is 24.5 Å². The Bertz CT molecular complexity index is 770. The van der Waals surface area contributed by atoms with Gasteiger partial charge >= 0.3 is 0 Å². The molecule has 2 N–H and O–H groups in total. The van der Waals surface area contributed by atoms with E-state index in [0.29, 0.717) is 0 Å². The van der Waals surface area contributed by atoms with Crippen molar-refractivity contribution in [3.8, 4) is 11.5 Å². The van der Waals surface area contributed by atoms with Crippen molar-refractivity contribution < 1.29 is 10.2 Å². The Labute approximate surface area is 141 Å². The normalized spacial score (nSPS) is 10.5. The molecule has 0 amide bonds. The van der Waals surface area contributed by atoms with Gasteiger partial charge in [-0.25, -0.2) is 4.98 Å². The van der Waals surface area contributed by atoms with Gasteiger partial charge in [0.05, 0.1) is 6.33 Å². The number of aromatic hydroxyl groups is 2. The van der Waals surface area contributed by atoms with E-state index in [9.17, 15) is 10.2 Å². The summed E-state index contributed by atoms with van der Waals surface area (Å²) in [5.41, 5.74) is 4.45. The summed E-state index contributed by atoms with van der Waals surface area (Å²) in [4.78, 5) is 4.11. The van der Waals surface area contributed by atoms with E-state index in [-0.39, 0.29) is 11.5 Å². The molecule has 0 unspecified atom stereocenters. The van der Waals surface area contributed by atoms with E-state index in [1.807, 2.05) is 35.0 Å². The molecule has 0 aliphatic rings. The number of nitrogens with zero attached hydrogens (tertiary/aromatic N) is 2. The monoisotopic (exact) mass is 320 g/mol. The SMILES string of the molecule is CCC(Cn1ccnc1)=C(c1ccc(O)cc1)c1ccc(O)cc1. The molecule has 3 rings (SSSR count). The fourth-order valence-corrected chi connectivity index (χ4v) is 2.80. The molecule has 0 atom stereocenters. The van der Waals surface area contributed by atoms with Gasteiger partial charge in [-0.1, -0.05) is 31.2 Å². The van der Waals surface area contributed by atoms with Crippen LogP contribution in [0, 0.1) is 0 Å². The van der Waals surface area contributed by atoms with Crippen LogP contribution in [0.15, 0.2) is 72.8 Å². The van der Waals surface area contributed by atoms with E-state index in [1.165, 1.54) is 5.57 Å². The molecule has 0 fully saturated rings. The third-order valence-corrected chi connectivity index (χ3v) is 4.02. The molecule has 3 aromatic rings. The van der Waals surface area contributed by atoms with Crippen LogP contribution >= 0.6 is 0 Å². The second-order valence-corrected chi connectivity index (χ2v) is 5.66. The molecule has 122 valence electrons. The summed E-state index contributed by atoms with van der Waals surface area (Å²) in [5, 5.41) is 19.2. The lowest BCUT2D eigenvalue weighted by Crippen LogP contribution is -2.02. The lowest BCUT2D eigenvalue weighted by atomic mass is 9.91. The summed E-state index contributed by atoms with van der Waals surface area (Å²) in [7, 11) is 0. The highest BCUT2D eigenvalue weighted by atomic mass is 16.3. The maximum Gasteiger partial charge on any atom is 0.115 e. The van der Waals surface area contributed by atoms with Crippen LogP contribution in [-0.4, -0.2) is 19.8 Å². The summed E-state index contributed by atoms with van der Waals surface area (Å²) < 4.78 is 2.04. The maximum absolute atomic E-state index is 9.59. The van der Waals surface area contributed by atoms with Crippen LogP contribution < -0.4 is 0 Å². The molecule has 0 bridgehead atoms. The average molecular weight is 320 g/mol. The van der Waals surface area contributed by atoms with E-state index in [4.69, 9.17) is 0 Å². The van der Waals surface area contributed by atoms with Crippen molar-refractivity contribution in [3.05, 3.63) is 84.0 Å². The van der Waals surface area contributed by atoms with Crippen LogP contribution in [0.4, 0.5) is 0 Å². The van der Waals surface area contributed by atoms with Gasteiger partial charge in [-0.05, 0) is 53.0 Å². The van der Waals surface area contributed by atoms with Gasteiger partial charge in [-0.15, -0.1) is 0 Å². The van der Waals surface area contributed by atoms with E-state index < -0.39 is 0 Å². The molecule has 2 aromatic carbocycles. The zero-order valence-corrected chi connectivity index (χ0v) is 13.6. The number of hydrogen-bond donors (Lipinski definition) is 2. The molecule has 4 heteroatoms. The van der Waals surface area contributed by atoms with Crippen molar-refractivity contribution >= 4 is 5.57 Å². The predicted molar refractivity (Wildman–Crippen MR) is 94.8 cm³/mol. The van der Waals surface area contributed by atoms with E-state index >= 15 is 0 Å². The summed E-state index contributed by atoms with van der Waals surface area (Å²) >= 11 is 0. The zero-order chi connectivity index (χ0) is 16.9. The Morgan fingerprint density at radius 3 is 1.88 bits per heavy atom. The largest absolute Gasteiger partial charge is 0.508 e. The number of imidazole rings is 1. The smallest absolute Gasteiger partial charge is 0.115 e. The van der Waals surface area contributed by atoms with Crippen molar-refractivity contribution in [2.24, 2.45) is 0 Å². The molecule has 0 saturated heterocycles. The van der Waals surface area contributed by atoms with E-state index in [2.05, 4.69) is 11.9 Å². The fraction of sp³-hybridized carbons (Fsp3) is 0.150. The summed E-state index contributed by atoms with van der Waals surface area (Å²) in [6.07, 6.45) is 6.41. The molecule has 1 heterocycles. The quantitative estimate of drug-likeness (QED) is 0.740. The highest BCUT2D eigenvalue weighted by molar-refractivity contribution is 5.82. The number of hydrogen-bond acceptors (Lipinski definition) is 3. The predicted octanol–water partition coefficient (Wildman–Crippen LogP) is 4.21. The highest BCUT2D eigenvalue weighted by Gasteiger charge is 2.12. The highest BCUT2D eigenvalue weighted by Crippen LogP contribution is 2.31. The number of benzene rings is 2. The van der Waals surface area contributed by atoms with Gasteiger partial charge in [0.15, 0.2) is 0 Å². The first-order chi connectivity index (χ1) is 11.7. The minimum atomic E-state index is 0.247. The Kier molecular flexibility index (Phi) is 4.66. The minimum Gasteiger partial charge on any atom is -0.508 e. The Balaban J connectivity index is 2.13.